The molecule has 5 nitrogen and oxygen atoms in total. The Hall–Kier alpha value is -3.38. The average Bonchev–Trinajstić information content (AvgIpc) is 3.47. The normalized spacial score (nSPS) is 13.2. The molecule has 4 aromatic rings. The highest BCUT2D eigenvalue weighted by Gasteiger charge is 2.28. The minimum absolute atomic E-state index is 0.0747. The molecule has 0 unspecified atom stereocenters. The van der Waals surface area contributed by atoms with Crippen LogP contribution in [0, 0.1) is 0 Å². The number of hydrogen-bond donors (Lipinski definition) is 0. The summed E-state index contributed by atoms with van der Waals surface area (Å²) in [5.41, 5.74) is 4.83. The second-order valence-corrected chi connectivity index (χ2v) is 8.00. The fourth-order valence-electron chi connectivity index (χ4n) is 3.90. The highest BCUT2D eigenvalue weighted by atomic mass is 32.1. The maximum absolute atomic E-state index is 13.0. The van der Waals surface area contributed by atoms with Crippen molar-refractivity contribution in [2.24, 2.45) is 0 Å². The lowest BCUT2D eigenvalue weighted by molar-refractivity contribution is 0.0713. The molecular weight excluding hydrogens is 394 g/mol. The first-order valence-electron chi connectivity index (χ1n) is 9.85. The highest BCUT2D eigenvalue weighted by Crippen LogP contribution is 2.33. The third kappa shape index (κ3) is 3.29. The molecular formula is C24H21N3O2S. The number of rotatable bonds is 4. The van der Waals surface area contributed by atoms with Gasteiger partial charge in [-0.1, -0.05) is 30.3 Å². The number of imidazole rings is 1. The fraction of sp³-hybridized carbons (Fsp3) is 0.167. The quantitative estimate of drug-likeness (QED) is 0.474. The van der Waals surface area contributed by atoms with Gasteiger partial charge in [-0.25, -0.2) is 4.98 Å². The number of hydrogen-bond acceptors (Lipinski definition) is 4. The van der Waals surface area contributed by atoms with Crippen LogP contribution in [-0.2, 0) is 13.1 Å². The van der Waals surface area contributed by atoms with Crippen LogP contribution in [0.2, 0.25) is 0 Å². The Morgan fingerprint density at radius 3 is 2.50 bits per heavy atom. The largest absolute Gasteiger partial charge is 0.497 e. The van der Waals surface area contributed by atoms with Crippen LogP contribution >= 0.6 is 11.3 Å². The number of nitrogens with zero attached hydrogens (tertiary/aromatic N) is 3. The monoisotopic (exact) mass is 415 g/mol. The van der Waals surface area contributed by atoms with Crippen molar-refractivity contribution < 1.29 is 9.53 Å². The molecule has 5 rings (SSSR count). The summed E-state index contributed by atoms with van der Waals surface area (Å²) in [5.74, 6) is 1.83. The molecule has 0 aliphatic carbocycles. The van der Waals surface area contributed by atoms with E-state index in [1.165, 1.54) is 0 Å². The summed E-state index contributed by atoms with van der Waals surface area (Å²) < 4.78 is 7.56. The van der Waals surface area contributed by atoms with Crippen LogP contribution in [0.25, 0.3) is 22.6 Å². The van der Waals surface area contributed by atoms with Crippen LogP contribution in [0.3, 0.4) is 0 Å². The number of fused-ring (bicyclic) bond motifs is 1. The molecule has 0 bridgehead atoms. The Balaban J connectivity index is 1.58. The number of carbonyl (C=O) groups is 1. The van der Waals surface area contributed by atoms with E-state index < -0.39 is 0 Å². The van der Waals surface area contributed by atoms with Gasteiger partial charge in [0.1, 0.15) is 11.6 Å². The van der Waals surface area contributed by atoms with Crippen LogP contribution < -0.4 is 4.74 Å². The van der Waals surface area contributed by atoms with E-state index in [9.17, 15) is 4.79 Å². The van der Waals surface area contributed by atoms with E-state index in [0.717, 1.165) is 46.2 Å². The van der Waals surface area contributed by atoms with Crippen LogP contribution in [0.5, 0.6) is 5.75 Å². The number of aromatic nitrogens is 2. The van der Waals surface area contributed by atoms with E-state index in [-0.39, 0.29) is 5.91 Å². The maximum Gasteiger partial charge on any atom is 0.255 e. The fourth-order valence-corrected chi connectivity index (χ4v) is 4.53. The first-order valence-corrected chi connectivity index (χ1v) is 10.8. The molecule has 150 valence electrons. The minimum Gasteiger partial charge on any atom is -0.497 e. The Morgan fingerprint density at radius 1 is 1.00 bits per heavy atom. The molecule has 2 aromatic carbocycles. The number of ether oxygens (including phenoxy) is 1. The number of carbonyl (C=O) groups excluding carboxylic acids is 1. The van der Waals surface area contributed by atoms with Crippen molar-refractivity contribution in [2.45, 2.75) is 13.1 Å². The third-order valence-electron chi connectivity index (χ3n) is 5.46. The maximum atomic E-state index is 13.0. The van der Waals surface area contributed by atoms with Gasteiger partial charge in [0.05, 0.1) is 30.6 Å². The van der Waals surface area contributed by atoms with Gasteiger partial charge in [-0.05, 0) is 35.7 Å². The van der Waals surface area contributed by atoms with Gasteiger partial charge in [-0.2, -0.15) is 11.3 Å². The standard InChI is InChI=1S/C24H21N3O2S/c1-29-20-9-7-17(8-10-20)22-21-15-26(24(28)19-11-14-30-16-19)12-13-27(21)23(25-22)18-5-3-2-4-6-18/h2-11,14,16H,12-13,15H2,1H3. The summed E-state index contributed by atoms with van der Waals surface area (Å²) in [6, 6.07) is 20.0. The van der Waals surface area contributed by atoms with Crippen LogP contribution in [0.1, 0.15) is 16.1 Å². The Bertz CT molecular complexity index is 1170. The van der Waals surface area contributed by atoms with Gasteiger partial charge in [-0.15, -0.1) is 0 Å². The second-order valence-electron chi connectivity index (χ2n) is 7.22. The van der Waals surface area contributed by atoms with Crippen molar-refractivity contribution >= 4 is 17.2 Å². The van der Waals surface area contributed by atoms with E-state index in [4.69, 9.17) is 9.72 Å². The van der Waals surface area contributed by atoms with E-state index in [1.807, 2.05) is 64.2 Å². The van der Waals surface area contributed by atoms with Gasteiger partial charge in [0.2, 0.25) is 0 Å². The van der Waals surface area contributed by atoms with Crippen LogP contribution in [0.4, 0.5) is 0 Å². The molecule has 0 atom stereocenters. The van der Waals surface area contributed by atoms with Gasteiger partial charge >= 0.3 is 0 Å². The molecule has 0 N–H and O–H groups in total. The van der Waals surface area contributed by atoms with E-state index in [2.05, 4.69) is 16.7 Å². The molecule has 1 aliphatic rings. The Morgan fingerprint density at radius 2 is 1.80 bits per heavy atom. The van der Waals surface area contributed by atoms with Crippen LogP contribution in [-0.4, -0.2) is 34.0 Å². The van der Waals surface area contributed by atoms with Crippen molar-refractivity contribution in [3.63, 3.8) is 0 Å². The molecule has 2 aromatic heterocycles. The molecule has 0 saturated heterocycles. The molecule has 1 amide bonds. The Kier molecular flexibility index (Phi) is 4.85. The van der Waals surface area contributed by atoms with Gasteiger partial charge in [0.25, 0.3) is 5.91 Å². The van der Waals surface area contributed by atoms with Gasteiger partial charge in [-0.3, -0.25) is 4.79 Å². The van der Waals surface area contributed by atoms with E-state index in [1.54, 1.807) is 18.4 Å². The molecule has 0 radical (unpaired) electrons. The Labute approximate surface area is 179 Å². The summed E-state index contributed by atoms with van der Waals surface area (Å²) in [6.07, 6.45) is 0. The van der Waals surface area contributed by atoms with Crippen molar-refractivity contribution in [2.75, 3.05) is 13.7 Å². The zero-order valence-corrected chi connectivity index (χ0v) is 17.4. The molecule has 0 fully saturated rings. The zero-order chi connectivity index (χ0) is 20.5. The summed E-state index contributed by atoms with van der Waals surface area (Å²) in [5, 5.41) is 3.85. The number of thiophene rings is 1. The zero-order valence-electron chi connectivity index (χ0n) is 16.6. The lowest BCUT2D eigenvalue weighted by Crippen LogP contribution is -2.38. The van der Waals surface area contributed by atoms with Crippen molar-refractivity contribution in [1.82, 2.24) is 14.5 Å². The lowest BCUT2D eigenvalue weighted by Gasteiger charge is -2.29. The number of amides is 1. The van der Waals surface area contributed by atoms with Gasteiger partial charge < -0.3 is 14.2 Å². The summed E-state index contributed by atoms with van der Waals surface area (Å²) in [7, 11) is 1.66. The molecule has 30 heavy (non-hydrogen) atoms. The lowest BCUT2D eigenvalue weighted by atomic mass is 10.1. The van der Waals surface area contributed by atoms with E-state index >= 15 is 0 Å². The third-order valence-corrected chi connectivity index (χ3v) is 6.14. The highest BCUT2D eigenvalue weighted by molar-refractivity contribution is 7.08. The molecule has 3 heterocycles. The number of benzene rings is 2. The molecule has 0 saturated carbocycles. The van der Waals surface area contributed by atoms with Crippen molar-refractivity contribution in [3.05, 3.63) is 82.7 Å². The SMILES string of the molecule is COc1ccc(-c2nc(-c3ccccc3)n3c2CN(C(=O)c2ccsc2)CC3)cc1. The predicted octanol–water partition coefficient (Wildman–Crippen LogP) is 4.94. The summed E-state index contributed by atoms with van der Waals surface area (Å²) >= 11 is 1.55. The molecule has 6 heteroatoms. The van der Waals surface area contributed by atoms with Crippen LogP contribution in [0.15, 0.2) is 71.4 Å². The topological polar surface area (TPSA) is 47.4 Å². The van der Waals surface area contributed by atoms with Crippen molar-refractivity contribution in [1.29, 1.82) is 0 Å². The molecule has 1 aliphatic heterocycles. The van der Waals surface area contributed by atoms with Gasteiger partial charge in [0, 0.05) is 29.6 Å². The smallest absolute Gasteiger partial charge is 0.255 e. The first kappa shape index (κ1) is 18.6. The minimum atomic E-state index is 0.0747. The average molecular weight is 416 g/mol. The number of methoxy groups -OCH3 is 1. The second kappa shape index (κ2) is 7.80. The summed E-state index contributed by atoms with van der Waals surface area (Å²) in [4.78, 5) is 19.9. The van der Waals surface area contributed by atoms with E-state index in [0.29, 0.717) is 13.1 Å². The predicted molar refractivity (Wildman–Crippen MR) is 119 cm³/mol. The molecule has 0 spiro atoms. The van der Waals surface area contributed by atoms with Gasteiger partial charge in [0.15, 0.2) is 0 Å². The van der Waals surface area contributed by atoms with Crippen molar-refractivity contribution in [3.8, 4) is 28.4 Å². The summed E-state index contributed by atoms with van der Waals surface area (Å²) in [6.45, 7) is 1.92. The first-order chi connectivity index (χ1) is 14.7.